The molecule has 4 N–H and O–H groups in total. The number of nitrogens with one attached hydrogen (secondary N) is 2. The number of aryl methyl sites for hydroxylation is 1. The minimum Gasteiger partial charge on any atom is -0.447 e. The molecule has 2 aromatic carbocycles. The number of piperidine rings is 1. The molecule has 0 aliphatic carbocycles. The highest BCUT2D eigenvalue weighted by Crippen LogP contribution is 2.25. The number of benzene rings is 2. The van der Waals surface area contributed by atoms with Gasteiger partial charge in [-0.1, -0.05) is 48.9 Å². The van der Waals surface area contributed by atoms with E-state index in [2.05, 4.69) is 10.6 Å². The van der Waals surface area contributed by atoms with Gasteiger partial charge in [-0.2, -0.15) is 5.26 Å². The number of nitriles is 1. The molecule has 10 heteroatoms. The van der Waals surface area contributed by atoms with Gasteiger partial charge in [-0.25, -0.2) is 4.79 Å². The van der Waals surface area contributed by atoms with Gasteiger partial charge in [0.25, 0.3) is 0 Å². The minimum absolute atomic E-state index is 0.0626. The summed E-state index contributed by atoms with van der Waals surface area (Å²) in [7, 11) is 0. The number of nitrogens with zero attached hydrogens (tertiary/aromatic N) is 2. The molecule has 0 spiro atoms. The van der Waals surface area contributed by atoms with Gasteiger partial charge in [-0.05, 0) is 48.6 Å². The summed E-state index contributed by atoms with van der Waals surface area (Å²) >= 11 is 6.22. The second-order valence-electron chi connectivity index (χ2n) is 9.14. The summed E-state index contributed by atoms with van der Waals surface area (Å²) in [5.74, 6) is -0.583. The first-order valence-corrected chi connectivity index (χ1v) is 12.6. The maximum atomic E-state index is 13.0. The molecule has 1 atom stereocenters. The van der Waals surface area contributed by atoms with Gasteiger partial charge in [-0.3, -0.25) is 14.9 Å². The van der Waals surface area contributed by atoms with E-state index in [1.807, 2.05) is 25.1 Å². The first-order valence-electron chi connectivity index (χ1n) is 12.2. The molecule has 2 aromatic rings. The third-order valence-corrected chi connectivity index (χ3v) is 6.83. The summed E-state index contributed by atoms with van der Waals surface area (Å²) in [6.45, 7) is 2.57. The van der Waals surface area contributed by atoms with Crippen molar-refractivity contribution < 1.29 is 19.1 Å². The molecule has 3 amide bonds. The average molecular weight is 526 g/mol. The highest BCUT2D eigenvalue weighted by Gasteiger charge is 2.39. The van der Waals surface area contributed by atoms with Crippen molar-refractivity contribution in [3.05, 3.63) is 64.7 Å². The molecular formula is C27H32ClN5O4. The Hall–Kier alpha value is -3.61. The van der Waals surface area contributed by atoms with Gasteiger partial charge < -0.3 is 20.7 Å². The van der Waals surface area contributed by atoms with Crippen LogP contribution in [0.5, 0.6) is 0 Å². The predicted molar refractivity (Wildman–Crippen MR) is 141 cm³/mol. The zero-order valence-corrected chi connectivity index (χ0v) is 21.6. The van der Waals surface area contributed by atoms with Gasteiger partial charge in [0.2, 0.25) is 11.8 Å². The van der Waals surface area contributed by atoms with Crippen LogP contribution in [0.25, 0.3) is 0 Å². The maximum Gasteiger partial charge on any atom is 0.411 e. The first-order chi connectivity index (χ1) is 17.7. The molecule has 196 valence electrons. The van der Waals surface area contributed by atoms with Gasteiger partial charge in [0, 0.05) is 23.8 Å². The standard InChI is InChI=1S/C27H32ClN5O4/c1-2-19-7-9-21(10-8-19)31-26(36)37-18-27(32-24(34)17-20-5-3-4-6-22(20)28)12-15-33(16-13-27)25(35)23(30)11-14-29/h3-10,23H,2,11-13,15-18,30H2,1H3,(H,31,36)(H,32,34). The molecule has 1 aliphatic heterocycles. The van der Waals surface area contributed by atoms with E-state index < -0.39 is 17.7 Å². The fraction of sp³-hybridized carbons (Fsp3) is 0.407. The minimum atomic E-state index is -0.895. The van der Waals surface area contributed by atoms with Crippen molar-refractivity contribution in [2.24, 2.45) is 5.73 Å². The summed E-state index contributed by atoms with van der Waals surface area (Å²) in [5.41, 5.74) is 7.38. The maximum absolute atomic E-state index is 13.0. The molecule has 3 rings (SSSR count). The van der Waals surface area contributed by atoms with Crippen molar-refractivity contribution in [1.82, 2.24) is 10.2 Å². The van der Waals surface area contributed by atoms with Gasteiger partial charge in [-0.15, -0.1) is 0 Å². The van der Waals surface area contributed by atoms with Crippen LogP contribution in [0.15, 0.2) is 48.5 Å². The summed E-state index contributed by atoms with van der Waals surface area (Å²) in [6, 6.07) is 15.6. The zero-order valence-electron chi connectivity index (χ0n) is 20.8. The Morgan fingerprint density at radius 2 is 1.84 bits per heavy atom. The van der Waals surface area contributed by atoms with Gasteiger partial charge >= 0.3 is 6.09 Å². The molecule has 1 fully saturated rings. The highest BCUT2D eigenvalue weighted by atomic mass is 35.5. The molecular weight excluding hydrogens is 494 g/mol. The molecule has 1 unspecified atom stereocenters. The second-order valence-corrected chi connectivity index (χ2v) is 9.55. The van der Waals surface area contributed by atoms with Crippen molar-refractivity contribution >= 4 is 35.2 Å². The van der Waals surface area contributed by atoms with E-state index in [4.69, 9.17) is 27.3 Å². The lowest BCUT2D eigenvalue weighted by Gasteiger charge is -2.42. The largest absolute Gasteiger partial charge is 0.447 e. The van der Waals surface area contributed by atoms with E-state index in [0.29, 0.717) is 42.2 Å². The number of rotatable bonds is 9. The Balaban J connectivity index is 1.67. The van der Waals surface area contributed by atoms with E-state index >= 15 is 0 Å². The van der Waals surface area contributed by atoms with Crippen LogP contribution in [0.4, 0.5) is 10.5 Å². The normalized spacial score (nSPS) is 15.2. The zero-order chi connectivity index (χ0) is 26.8. The number of hydrogen-bond acceptors (Lipinski definition) is 6. The van der Waals surface area contributed by atoms with E-state index in [-0.39, 0.29) is 31.3 Å². The van der Waals surface area contributed by atoms with Crippen molar-refractivity contribution in [2.45, 2.75) is 50.6 Å². The average Bonchev–Trinajstić information content (AvgIpc) is 2.89. The lowest BCUT2D eigenvalue weighted by Crippen LogP contribution is -2.60. The van der Waals surface area contributed by atoms with Crippen molar-refractivity contribution in [3.8, 4) is 6.07 Å². The molecule has 1 heterocycles. The van der Waals surface area contributed by atoms with Crippen molar-refractivity contribution in [3.63, 3.8) is 0 Å². The quantitative estimate of drug-likeness (QED) is 0.458. The molecule has 1 aliphatic rings. The van der Waals surface area contributed by atoms with Crippen LogP contribution in [0.3, 0.4) is 0 Å². The Bertz CT molecular complexity index is 1140. The molecule has 0 bridgehead atoms. The van der Waals surface area contributed by atoms with Crippen LogP contribution >= 0.6 is 11.6 Å². The van der Waals surface area contributed by atoms with Crippen molar-refractivity contribution in [1.29, 1.82) is 5.26 Å². The lowest BCUT2D eigenvalue weighted by molar-refractivity contribution is -0.135. The summed E-state index contributed by atoms with van der Waals surface area (Å²) in [6.07, 6.45) is 0.945. The molecule has 0 radical (unpaired) electrons. The Kier molecular flexibility index (Phi) is 9.89. The third-order valence-electron chi connectivity index (χ3n) is 6.46. The van der Waals surface area contributed by atoms with Crippen LogP contribution in [-0.2, 0) is 27.2 Å². The van der Waals surface area contributed by atoms with Gasteiger partial charge in [0.1, 0.15) is 6.61 Å². The Morgan fingerprint density at radius 1 is 1.16 bits per heavy atom. The van der Waals surface area contributed by atoms with Crippen LogP contribution < -0.4 is 16.4 Å². The van der Waals surface area contributed by atoms with E-state index in [1.165, 1.54) is 0 Å². The highest BCUT2D eigenvalue weighted by molar-refractivity contribution is 6.31. The topological polar surface area (TPSA) is 138 Å². The lowest BCUT2D eigenvalue weighted by atomic mass is 9.87. The first kappa shape index (κ1) is 28.0. The number of ether oxygens (including phenoxy) is 1. The van der Waals surface area contributed by atoms with E-state index in [9.17, 15) is 14.4 Å². The fourth-order valence-corrected chi connectivity index (χ4v) is 4.42. The number of anilines is 1. The van der Waals surface area contributed by atoms with E-state index in [1.54, 1.807) is 41.3 Å². The summed E-state index contributed by atoms with van der Waals surface area (Å²) in [5, 5.41) is 15.1. The molecule has 0 aromatic heterocycles. The number of carbonyl (C=O) groups is 3. The summed E-state index contributed by atoms with van der Waals surface area (Å²) in [4.78, 5) is 39.7. The Labute approximate surface area is 221 Å². The third kappa shape index (κ3) is 7.94. The van der Waals surface area contributed by atoms with E-state index in [0.717, 1.165) is 12.0 Å². The van der Waals surface area contributed by atoms with Crippen LogP contribution in [0.2, 0.25) is 5.02 Å². The predicted octanol–water partition coefficient (Wildman–Crippen LogP) is 3.41. The second kappa shape index (κ2) is 13.1. The van der Waals surface area contributed by atoms with Crippen LogP contribution in [-0.4, -0.2) is 54.1 Å². The smallest absolute Gasteiger partial charge is 0.411 e. The van der Waals surface area contributed by atoms with Crippen LogP contribution in [0, 0.1) is 11.3 Å². The Morgan fingerprint density at radius 3 is 2.46 bits per heavy atom. The molecule has 37 heavy (non-hydrogen) atoms. The number of likely N-dealkylation sites (tertiary alicyclic amines) is 1. The monoisotopic (exact) mass is 525 g/mol. The number of halogens is 1. The number of amides is 3. The van der Waals surface area contributed by atoms with Crippen molar-refractivity contribution in [2.75, 3.05) is 25.0 Å². The summed E-state index contributed by atoms with van der Waals surface area (Å²) < 4.78 is 5.54. The fourth-order valence-electron chi connectivity index (χ4n) is 4.22. The molecule has 1 saturated heterocycles. The number of carbonyl (C=O) groups excluding carboxylic acids is 3. The van der Waals surface area contributed by atoms with Gasteiger partial charge in [0.15, 0.2) is 0 Å². The van der Waals surface area contributed by atoms with Crippen LogP contribution in [0.1, 0.15) is 37.3 Å². The molecule has 9 nitrogen and oxygen atoms in total. The van der Waals surface area contributed by atoms with Gasteiger partial charge in [0.05, 0.1) is 30.5 Å². The molecule has 0 saturated carbocycles. The number of nitrogens with two attached hydrogens (primary N) is 1. The SMILES string of the molecule is CCc1ccc(NC(=O)OCC2(NC(=O)Cc3ccccc3Cl)CCN(C(=O)C(N)CC#N)CC2)cc1. The number of hydrogen-bond donors (Lipinski definition) is 3.